The molecule has 0 radical (unpaired) electrons. The van der Waals surface area contributed by atoms with E-state index in [2.05, 4.69) is 4.72 Å². The Morgan fingerprint density at radius 3 is 2.81 bits per heavy atom. The number of anilines is 1. The molecule has 1 aromatic rings. The molecule has 0 aromatic heterocycles. The zero-order chi connectivity index (χ0) is 15.5. The second-order valence-corrected chi connectivity index (χ2v) is 7.97. The first-order valence-electron chi connectivity index (χ1n) is 6.55. The van der Waals surface area contributed by atoms with Gasteiger partial charge in [0.1, 0.15) is 0 Å². The summed E-state index contributed by atoms with van der Waals surface area (Å²) >= 11 is 1.73. The summed E-state index contributed by atoms with van der Waals surface area (Å²) in [6.07, 6.45) is 3.18. The minimum absolute atomic E-state index is 0.174. The molecule has 7 nitrogen and oxygen atoms in total. The summed E-state index contributed by atoms with van der Waals surface area (Å²) in [5, 5.41) is 11.2. The maximum absolute atomic E-state index is 12.3. The highest BCUT2D eigenvalue weighted by atomic mass is 32.2. The number of sulfonamides is 1. The van der Waals surface area contributed by atoms with Gasteiger partial charge in [-0.1, -0.05) is 6.42 Å². The fourth-order valence-electron chi connectivity index (χ4n) is 2.15. The minimum Gasteiger partial charge on any atom is -0.399 e. The van der Waals surface area contributed by atoms with Crippen molar-refractivity contribution in [3.8, 4) is 0 Å². The van der Waals surface area contributed by atoms with Crippen LogP contribution in [0, 0.1) is 10.1 Å². The Labute approximate surface area is 127 Å². The van der Waals surface area contributed by atoms with Crippen LogP contribution in [0.5, 0.6) is 0 Å². The number of benzene rings is 1. The van der Waals surface area contributed by atoms with Crippen molar-refractivity contribution in [2.75, 3.05) is 18.0 Å². The number of nitro benzene ring substituents is 1. The van der Waals surface area contributed by atoms with Gasteiger partial charge >= 0.3 is 0 Å². The Hall–Kier alpha value is -1.32. The molecule has 1 aliphatic rings. The third kappa shape index (κ3) is 4.08. The molecular formula is C12H17N3O4S2. The monoisotopic (exact) mass is 331 g/mol. The molecule has 0 saturated carbocycles. The summed E-state index contributed by atoms with van der Waals surface area (Å²) in [6, 6.07) is 3.54. The Morgan fingerprint density at radius 1 is 1.43 bits per heavy atom. The second kappa shape index (κ2) is 6.63. The normalized spacial score (nSPS) is 19.3. The van der Waals surface area contributed by atoms with Crippen LogP contribution in [-0.4, -0.2) is 30.9 Å². The van der Waals surface area contributed by atoms with E-state index in [9.17, 15) is 18.5 Å². The number of hydrogen-bond acceptors (Lipinski definition) is 6. The molecule has 1 fully saturated rings. The molecule has 3 N–H and O–H groups in total. The van der Waals surface area contributed by atoms with Crippen molar-refractivity contribution >= 4 is 33.2 Å². The van der Waals surface area contributed by atoms with Crippen LogP contribution >= 0.6 is 11.8 Å². The molecule has 0 aliphatic carbocycles. The molecule has 21 heavy (non-hydrogen) atoms. The van der Waals surface area contributed by atoms with E-state index in [1.54, 1.807) is 11.8 Å². The summed E-state index contributed by atoms with van der Waals surface area (Å²) in [7, 11) is -3.94. The molecule has 0 bridgehead atoms. The van der Waals surface area contributed by atoms with Crippen LogP contribution in [0.25, 0.3) is 0 Å². The maximum atomic E-state index is 12.3. The van der Waals surface area contributed by atoms with E-state index >= 15 is 0 Å². The van der Waals surface area contributed by atoms with Crippen LogP contribution in [0.1, 0.15) is 19.3 Å². The molecule has 0 spiro atoms. The van der Waals surface area contributed by atoms with Gasteiger partial charge in [0.05, 0.1) is 4.92 Å². The van der Waals surface area contributed by atoms with Crippen molar-refractivity contribution in [1.82, 2.24) is 4.72 Å². The standard InChI is InChI=1S/C12H17N3O4S2/c13-9-4-5-11(15(16)17)12(7-9)21(18,19)14-8-10-3-1-2-6-20-10/h4-5,7,10,14H,1-3,6,8,13H2. The number of hydrogen-bond donors (Lipinski definition) is 2. The molecule has 1 atom stereocenters. The topological polar surface area (TPSA) is 115 Å². The SMILES string of the molecule is Nc1ccc([N+](=O)[O-])c(S(=O)(=O)NCC2CCCCS2)c1. The van der Waals surface area contributed by atoms with Crippen LogP contribution in [0.2, 0.25) is 0 Å². The van der Waals surface area contributed by atoms with E-state index in [0.29, 0.717) is 0 Å². The Bertz CT molecular complexity index is 627. The van der Waals surface area contributed by atoms with Gasteiger partial charge < -0.3 is 5.73 Å². The zero-order valence-corrected chi connectivity index (χ0v) is 13.0. The number of nitrogen functional groups attached to an aromatic ring is 1. The number of nitro groups is 1. The van der Waals surface area contributed by atoms with Crippen molar-refractivity contribution in [1.29, 1.82) is 0 Å². The lowest BCUT2D eigenvalue weighted by molar-refractivity contribution is -0.387. The summed E-state index contributed by atoms with van der Waals surface area (Å²) in [4.78, 5) is 9.85. The number of nitrogens with zero attached hydrogens (tertiary/aromatic N) is 1. The third-order valence-electron chi connectivity index (χ3n) is 3.25. The van der Waals surface area contributed by atoms with E-state index in [0.717, 1.165) is 37.1 Å². The third-order valence-corrected chi connectivity index (χ3v) is 6.10. The average molecular weight is 331 g/mol. The summed E-state index contributed by atoms with van der Waals surface area (Å²) in [5.74, 6) is 1.02. The minimum atomic E-state index is -3.94. The van der Waals surface area contributed by atoms with Gasteiger partial charge in [-0.25, -0.2) is 13.1 Å². The van der Waals surface area contributed by atoms with Crippen molar-refractivity contribution in [3.05, 3.63) is 28.3 Å². The predicted molar refractivity (Wildman–Crippen MR) is 82.8 cm³/mol. The Morgan fingerprint density at radius 2 is 2.19 bits per heavy atom. The predicted octanol–water partition coefficient (Wildman–Crippen LogP) is 1.74. The fourth-order valence-corrected chi connectivity index (χ4v) is 4.77. The smallest absolute Gasteiger partial charge is 0.289 e. The van der Waals surface area contributed by atoms with E-state index in [-0.39, 0.29) is 22.4 Å². The number of rotatable bonds is 5. The molecule has 1 unspecified atom stereocenters. The lowest BCUT2D eigenvalue weighted by atomic mass is 10.2. The molecular weight excluding hydrogens is 314 g/mol. The number of thioether (sulfide) groups is 1. The highest BCUT2D eigenvalue weighted by molar-refractivity contribution is 8.00. The molecule has 1 aromatic carbocycles. The summed E-state index contributed by atoms with van der Waals surface area (Å²) in [5.41, 5.74) is 5.25. The van der Waals surface area contributed by atoms with Crippen molar-refractivity contribution < 1.29 is 13.3 Å². The summed E-state index contributed by atoms with van der Waals surface area (Å²) < 4.78 is 27.0. The maximum Gasteiger partial charge on any atom is 0.289 e. The second-order valence-electron chi connectivity index (χ2n) is 4.82. The average Bonchev–Trinajstić information content (AvgIpc) is 2.46. The number of nitrogens with two attached hydrogens (primary N) is 1. The molecule has 1 heterocycles. The first-order valence-corrected chi connectivity index (χ1v) is 9.08. The van der Waals surface area contributed by atoms with E-state index in [1.165, 1.54) is 6.07 Å². The summed E-state index contributed by atoms with van der Waals surface area (Å²) in [6.45, 7) is 0.277. The van der Waals surface area contributed by atoms with E-state index in [1.807, 2.05) is 0 Å². The van der Waals surface area contributed by atoms with Crippen LogP contribution in [0.3, 0.4) is 0 Å². The Balaban J connectivity index is 2.18. The number of nitrogens with one attached hydrogen (secondary N) is 1. The molecule has 116 valence electrons. The van der Waals surface area contributed by atoms with Gasteiger partial charge in [0.2, 0.25) is 10.0 Å². The van der Waals surface area contributed by atoms with Gasteiger partial charge in [0.15, 0.2) is 4.90 Å². The van der Waals surface area contributed by atoms with Gasteiger partial charge in [-0.15, -0.1) is 0 Å². The van der Waals surface area contributed by atoms with Crippen LogP contribution in [0.4, 0.5) is 11.4 Å². The quantitative estimate of drug-likeness (QED) is 0.482. The van der Waals surface area contributed by atoms with E-state index < -0.39 is 20.6 Å². The largest absolute Gasteiger partial charge is 0.399 e. The van der Waals surface area contributed by atoms with Gasteiger partial charge in [-0.05, 0) is 30.7 Å². The Kier molecular flexibility index (Phi) is 5.07. The van der Waals surface area contributed by atoms with Crippen LogP contribution < -0.4 is 10.5 Å². The van der Waals surface area contributed by atoms with Crippen LogP contribution in [-0.2, 0) is 10.0 Å². The molecule has 1 saturated heterocycles. The van der Waals surface area contributed by atoms with Gasteiger partial charge in [0, 0.05) is 23.5 Å². The highest BCUT2D eigenvalue weighted by Crippen LogP contribution is 2.27. The van der Waals surface area contributed by atoms with Crippen molar-refractivity contribution in [2.45, 2.75) is 29.4 Å². The molecule has 9 heteroatoms. The highest BCUT2D eigenvalue weighted by Gasteiger charge is 2.27. The zero-order valence-electron chi connectivity index (χ0n) is 11.3. The lowest BCUT2D eigenvalue weighted by Gasteiger charge is -2.21. The van der Waals surface area contributed by atoms with Gasteiger partial charge in [-0.3, -0.25) is 10.1 Å². The van der Waals surface area contributed by atoms with Crippen molar-refractivity contribution in [3.63, 3.8) is 0 Å². The molecule has 2 rings (SSSR count). The first kappa shape index (κ1) is 16.1. The van der Waals surface area contributed by atoms with Gasteiger partial charge in [0.25, 0.3) is 5.69 Å². The van der Waals surface area contributed by atoms with Gasteiger partial charge in [-0.2, -0.15) is 11.8 Å². The lowest BCUT2D eigenvalue weighted by Crippen LogP contribution is -2.32. The van der Waals surface area contributed by atoms with E-state index in [4.69, 9.17) is 5.73 Å². The first-order chi connectivity index (χ1) is 9.90. The molecule has 1 aliphatic heterocycles. The molecule has 0 amide bonds. The van der Waals surface area contributed by atoms with Crippen molar-refractivity contribution in [2.24, 2.45) is 0 Å². The van der Waals surface area contributed by atoms with Crippen LogP contribution in [0.15, 0.2) is 23.1 Å². The fraction of sp³-hybridized carbons (Fsp3) is 0.500.